The molecule has 46 heavy (non-hydrogen) atoms. The molecular weight excluding hydrogens is 584 g/mol. The second-order valence-electron chi connectivity index (χ2n) is 11.1. The fraction of sp³-hybridized carbons (Fsp3) is 0.257. The van der Waals surface area contributed by atoms with Gasteiger partial charge in [-0.15, -0.1) is 0 Å². The maximum Gasteiger partial charge on any atom is 0.411 e. The first-order valence-corrected chi connectivity index (χ1v) is 15.1. The lowest BCUT2D eigenvalue weighted by molar-refractivity contribution is -0.136. The van der Waals surface area contributed by atoms with Gasteiger partial charge in [-0.25, -0.2) is 14.6 Å². The molecule has 0 aliphatic carbocycles. The Kier molecular flexibility index (Phi) is 10.5. The maximum atomic E-state index is 14.1. The summed E-state index contributed by atoms with van der Waals surface area (Å²) in [5.41, 5.74) is 3.20. The van der Waals surface area contributed by atoms with E-state index >= 15 is 0 Å². The molecule has 0 bridgehead atoms. The molecule has 3 N–H and O–H groups in total. The van der Waals surface area contributed by atoms with E-state index in [9.17, 15) is 19.2 Å². The molecule has 238 valence electrons. The number of hydrogen-bond acceptors (Lipinski definition) is 6. The summed E-state index contributed by atoms with van der Waals surface area (Å²) in [6, 6.07) is 29.3. The molecule has 4 aromatic rings. The molecule has 5 rings (SSSR count). The zero-order chi connectivity index (χ0) is 32.5. The Balaban J connectivity index is 1.32. The summed E-state index contributed by atoms with van der Waals surface area (Å²) < 4.78 is 5.30. The van der Waals surface area contributed by atoms with Crippen LogP contribution in [0, 0.1) is 0 Å². The van der Waals surface area contributed by atoms with Gasteiger partial charge in [-0.3, -0.25) is 19.9 Å². The van der Waals surface area contributed by atoms with Gasteiger partial charge in [0.2, 0.25) is 11.8 Å². The van der Waals surface area contributed by atoms with Crippen LogP contribution >= 0.6 is 0 Å². The van der Waals surface area contributed by atoms with Crippen LogP contribution in [0.5, 0.6) is 0 Å². The predicted molar refractivity (Wildman–Crippen MR) is 175 cm³/mol. The third-order valence-corrected chi connectivity index (χ3v) is 7.93. The fourth-order valence-electron chi connectivity index (χ4n) is 5.43. The van der Waals surface area contributed by atoms with Crippen LogP contribution in [0.15, 0.2) is 97.1 Å². The molecule has 1 heterocycles. The van der Waals surface area contributed by atoms with E-state index in [4.69, 9.17) is 4.74 Å². The molecule has 0 saturated carbocycles. The minimum atomic E-state index is -0.845. The first-order chi connectivity index (χ1) is 22.3. The zero-order valence-corrected chi connectivity index (χ0v) is 25.9. The molecule has 0 unspecified atom stereocenters. The Morgan fingerprint density at radius 3 is 2.37 bits per heavy atom. The highest BCUT2D eigenvalue weighted by molar-refractivity contribution is 5.90. The largest absolute Gasteiger partial charge is 0.444 e. The van der Waals surface area contributed by atoms with Gasteiger partial charge < -0.3 is 20.3 Å². The minimum Gasteiger partial charge on any atom is -0.444 e. The van der Waals surface area contributed by atoms with Crippen molar-refractivity contribution in [3.63, 3.8) is 0 Å². The van der Waals surface area contributed by atoms with Gasteiger partial charge in [0, 0.05) is 45.8 Å². The first kappa shape index (κ1) is 32.0. The van der Waals surface area contributed by atoms with Crippen molar-refractivity contribution in [1.29, 1.82) is 0 Å². The minimum absolute atomic E-state index is 0.0935. The molecule has 4 aromatic carbocycles. The molecule has 0 spiro atoms. The Hall–Kier alpha value is -5.42. The van der Waals surface area contributed by atoms with Gasteiger partial charge in [0.25, 0.3) is 0 Å². The normalized spacial score (nSPS) is 15.7. The van der Waals surface area contributed by atoms with E-state index in [1.807, 2.05) is 72.8 Å². The molecule has 1 fully saturated rings. The molecule has 0 aromatic heterocycles. The Morgan fingerprint density at radius 1 is 0.891 bits per heavy atom. The lowest BCUT2D eigenvalue weighted by Gasteiger charge is -2.32. The second kappa shape index (κ2) is 15.0. The van der Waals surface area contributed by atoms with Crippen molar-refractivity contribution < 1.29 is 23.9 Å². The SMILES string of the molecule is CNC(=O)N(C)N1CCN(Cc2cccc3ccccc23)C(=O)[C@H](Cc2ccc(NC(=O)OCc3ccccc3)cc2)NC(=O)C1. The summed E-state index contributed by atoms with van der Waals surface area (Å²) in [5, 5.41) is 13.3. The lowest BCUT2D eigenvalue weighted by Crippen LogP contribution is -2.52. The highest BCUT2D eigenvalue weighted by Gasteiger charge is 2.31. The van der Waals surface area contributed by atoms with E-state index in [-0.39, 0.29) is 44.0 Å². The number of hydrogen-bond donors (Lipinski definition) is 3. The highest BCUT2D eigenvalue weighted by Crippen LogP contribution is 2.21. The van der Waals surface area contributed by atoms with Gasteiger partial charge >= 0.3 is 12.1 Å². The third kappa shape index (κ3) is 8.19. The highest BCUT2D eigenvalue weighted by atomic mass is 16.5. The van der Waals surface area contributed by atoms with Crippen LogP contribution in [0.4, 0.5) is 15.3 Å². The standard InChI is InChI=1S/C35H38N6O5/c1-36-34(44)39(2)41-20-19-40(22-28-13-8-12-27-11-6-7-14-30(27)28)33(43)31(38-32(42)23-41)21-25-15-17-29(18-16-25)37-35(45)46-24-26-9-4-3-5-10-26/h3-18,31H,19-24H2,1-2H3,(H,36,44)(H,37,45)(H,38,42)/t31-/m0/s1. The van der Waals surface area contributed by atoms with E-state index in [0.29, 0.717) is 18.8 Å². The number of amides is 5. The number of anilines is 1. The quantitative estimate of drug-likeness (QED) is 0.272. The van der Waals surface area contributed by atoms with Crippen molar-refractivity contribution in [3.8, 4) is 0 Å². The summed E-state index contributed by atoms with van der Waals surface area (Å²) in [6.45, 7) is 0.964. The number of nitrogens with zero attached hydrogens (tertiary/aromatic N) is 3. The van der Waals surface area contributed by atoms with E-state index in [1.54, 1.807) is 41.2 Å². The zero-order valence-electron chi connectivity index (χ0n) is 25.9. The van der Waals surface area contributed by atoms with Gasteiger partial charge in [-0.1, -0.05) is 84.9 Å². The van der Waals surface area contributed by atoms with Gasteiger partial charge in [0.1, 0.15) is 12.6 Å². The molecule has 1 saturated heterocycles. The van der Waals surface area contributed by atoms with E-state index in [1.165, 1.54) is 12.1 Å². The van der Waals surface area contributed by atoms with Crippen molar-refractivity contribution in [1.82, 2.24) is 25.6 Å². The van der Waals surface area contributed by atoms with E-state index in [0.717, 1.165) is 27.5 Å². The third-order valence-electron chi connectivity index (χ3n) is 7.93. The molecular formula is C35H38N6O5. The topological polar surface area (TPSA) is 123 Å². The van der Waals surface area contributed by atoms with Crippen LogP contribution in [0.3, 0.4) is 0 Å². The second-order valence-corrected chi connectivity index (χ2v) is 11.1. The molecule has 11 heteroatoms. The number of fused-ring (bicyclic) bond motifs is 1. The number of benzene rings is 4. The van der Waals surface area contributed by atoms with Gasteiger partial charge in [0.15, 0.2) is 0 Å². The number of carbonyl (C=O) groups is 4. The Bertz CT molecular complexity index is 1670. The summed E-state index contributed by atoms with van der Waals surface area (Å²) in [5.74, 6) is -0.599. The molecule has 1 aliphatic heterocycles. The van der Waals surface area contributed by atoms with Crippen LogP contribution in [0.2, 0.25) is 0 Å². The monoisotopic (exact) mass is 622 g/mol. The molecule has 11 nitrogen and oxygen atoms in total. The number of urea groups is 1. The number of carbonyl (C=O) groups excluding carboxylic acids is 4. The summed E-state index contributed by atoms with van der Waals surface area (Å²) in [6.07, 6.45) is -0.341. The van der Waals surface area contributed by atoms with Gasteiger partial charge in [-0.2, -0.15) is 0 Å². The van der Waals surface area contributed by atoms with Gasteiger partial charge in [-0.05, 0) is 39.6 Å². The first-order valence-electron chi connectivity index (χ1n) is 15.1. The Morgan fingerprint density at radius 2 is 1.61 bits per heavy atom. The van der Waals surface area contributed by atoms with Crippen molar-refractivity contribution in [2.45, 2.75) is 25.6 Å². The van der Waals surface area contributed by atoms with Crippen LogP contribution in [0.1, 0.15) is 16.7 Å². The average molecular weight is 623 g/mol. The number of ether oxygens (including phenoxy) is 1. The Labute approximate surface area is 268 Å². The molecule has 5 amide bonds. The van der Waals surface area contributed by atoms with Crippen LogP contribution in [-0.4, -0.2) is 78.6 Å². The molecule has 1 atom stereocenters. The van der Waals surface area contributed by atoms with E-state index < -0.39 is 12.1 Å². The molecule has 0 radical (unpaired) electrons. The van der Waals surface area contributed by atoms with E-state index in [2.05, 4.69) is 16.0 Å². The number of nitrogens with one attached hydrogen (secondary N) is 3. The van der Waals surface area contributed by atoms with Gasteiger partial charge in [0.05, 0.1) is 6.54 Å². The number of hydrazine groups is 1. The summed E-state index contributed by atoms with van der Waals surface area (Å²) in [7, 11) is 3.11. The van der Waals surface area contributed by atoms with Crippen molar-refractivity contribution in [2.75, 3.05) is 39.0 Å². The van der Waals surface area contributed by atoms with Crippen molar-refractivity contribution in [3.05, 3.63) is 114 Å². The smallest absolute Gasteiger partial charge is 0.411 e. The van der Waals surface area contributed by atoms with Crippen LogP contribution in [-0.2, 0) is 33.9 Å². The fourth-order valence-corrected chi connectivity index (χ4v) is 5.43. The van der Waals surface area contributed by atoms with Crippen LogP contribution in [0.25, 0.3) is 10.8 Å². The summed E-state index contributed by atoms with van der Waals surface area (Å²) in [4.78, 5) is 53.8. The van der Waals surface area contributed by atoms with Crippen molar-refractivity contribution in [2.24, 2.45) is 0 Å². The average Bonchev–Trinajstić information content (AvgIpc) is 3.13. The van der Waals surface area contributed by atoms with Crippen LogP contribution < -0.4 is 16.0 Å². The van der Waals surface area contributed by atoms with Crippen molar-refractivity contribution >= 4 is 40.4 Å². The lowest BCUT2D eigenvalue weighted by atomic mass is 10.0. The predicted octanol–water partition coefficient (Wildman–Crippen LogP) is 4.15. The maximum absolute atomic E-state index is 14.1. The number of rotatable bonds is 8. The summed E-state index contributed by atoms with van der Waals surface area (Å²) >= 11 is 0. The molecule has 1 aliphatic rings.